The van der Waals surface area contributed by atoms with Crippen LogP contribution in [0.2, 0.25) is 0 Å². The maximum atomic E-state index is 15.7. The maximum absolute atomic E-state index is 15.7. The summed E-state index contributed by atoms with van der Waals surface area (Å²) in [6.45, 7) is 10.8. The lowest BCUT2D eigenvalue weighted by atomic mass is 9.85. The molecule has 6 rings (SSSR count). The van der Waals surface area contributed by atoms with Crippen LogP contribution in [0.1, 0.15) is 88.3 Å². The average Bonchev–Trinajstić information content (AvgIpc) is 3.59. The number of amides is 2. The molecule has 3 aromatic heterocycles. The lowest BCUT2D eigenvalue weighted by Crippen LogP contribution is -2.52. The van der Waals surface area contributed by atoms with E-state index in [4.69, 9.17) is 14.7 Å². The fourth-order valence-electron chi connectivity index (χ4n) is 6.82. The second-order valence-electron chi connectivity index (χ2n) is 13.8. The Morgan fingerprint density at radius 2 is 1.96 bits per heavy atom. The molecule has 0 radical (unpaired) electrons. The van der Waals surface area contributed by atoms with Crippen LogP contribution in [0.25, 0.3) is 33.6 Å². The van der Waals surface area contributed by atoms with Crippen molar-refractivity contribution >= 4 is 33.9 Å². The van der Waals surface area contributed by atoms with Crippen LogP contribution in [0.4, 0.5) is 8.78 Å². The molecule has 0 saturated carbocycles. The van der Waals surface area contributed by atoms with Gasteiger partial charge in [0.25, 0.3) is 5.91 Å². The first-order chi connectivity index (χ1) is 23.1. The molecule has 1 saturated heterocycles. The Hall–Kier alpha value is -3.90. The highest BCUT2D eigenvalue weighted by molar-refractivity contribution is 5.98. The van der Waals surface area contributed by atoms with E-state index in [9.17, 15) is 14.0 Å². The van der Waals surface area contributed by atoms with Crippen molar-refractivity contribution in [3.05, 3.63) is 47.4 Å². The number of nitrogens with one attached hydrogen (secondary N) is 3. The maximum Gasteiger partial charge on any atom is 0.254 e. The van der Waals surface area contributed by atoms with Crippen molar-refractivity contribution in [3.8, 4) is 11.5 Å². The average molecular weight is 664 g/mol. The molecule has 258 valence electrons. The van der Waals surface area contributed by atoms with Gasteiger partial charge in [0.2, 0.25) is 5.91 Å². The number of carbonyl (C=O) groups excluding carboxylic acids is 2. The molecule has 4 aromatic rings. The number of ether oxygens (including phenoxy) is 1. The highest BCUT2D eigenvalue weighted by Gasteiger charge is 2.30. The number of halogens is 2. The van der Waals surface area contributed by atoms with Gasteiger partial charge in [0.05, 0.1) is 46.7 Å². The number of carbonyl (C=O) groups is 2. The summed E-state index contributed by atoms with van der Waals surface area (Å²) in [7, 11) is 0. The number of piperidine rings is 1. The van der Waals surface area contributed by atoms with Crippen LogP contribution in [-0.4, -0.2) is 69.4 Å². The third kappa shape index (κ3) is 6.96. The van der Waals surface area contributed by atoms with Gasteiger partial charge < -0.3 is 29.8 Å². The topological polar surface area (TPSA) is 115 Å². The Bertz CT molecular complexity index is 1800. The molecule has 0 unspecified atom stereocenters. The minimum absolute atomic E-state index is 0.0215. The van der Waals surface area contributed by atoms with Crippen molar-refractivity contribution in [1.82, 2.24) is 35.1 Å². The van der Waals surface area contributed by atoms with Crippen molar-refractivity contribution in [2.45, 2.75) is 97.6 Å². The summed E-state index contributed by atoms with van der Waals surface area (Å²) < 4.78 is 40.0. The Labute approximate surface area is 280 Å². The van der Waals surface area contributed by atoms with Gasteiger partial charge in [-0.25, -0.2) is 18.7 Å². The van der Waals surface area contributed by atoms with Gasteiger partial charge >= 0.3 is 0 Å². The summed E-state index contributed by atoms with van der Waals surface area (Å²) in [6.07, 6.45) is 3.78. The largest absolute Gasteiger partial charge is 0.380 e. The molecule has 3 atom stereocenters. The third-order valence-corrected chi connectivity index (χ3v) is 9.79. The van der Waals surface area contributed by atoms with Gasteiger partial charge in [0.1, 0.15) is 17.6 Å². The number of hydrogen-bond donors (Lipinski definition) is 3. The fraction of sp³-hybridized carbons (Fsp3) is 0.556. The first-order valence-electron chi connectivity index (χ1n) is 17.3. The minimum atomic E-state index is -1.20. The molecule has 1 aromatic carbocycles. The van der Waals surface area contributed by atoms with Gasteiger partial charge in [-0.3, -0.25) is 9.59 Å². The van der Waals surface area contributed by atoms with E-state index in [-0.39, 0.29) is 30.5 Å². The quantitative estimate of drug-likeness (QED) is 0.215. The zero-order valence-electron chi connectivity index (χ0n) is 28.4. The van der Waals surface area contributed by atoms with Crippen molar-refractivity contribution < 1.29 is 23.1 Å². The van der Waals surface area contributed by atoms with Crippen LogP contribution < -0.4 is 16.0 Å². The van der Waals surface area contributed by atoms with Gasteiger partial charge in [-0.05, 0) is 63.9 Å². The summed E-state index contributed by atoms with van der Waals surface area (Å²) in [4.78, 5) is 36.4. The van der Waals surface area contributed by atoms with E-state index in [1.165, 1.54) is 12.1 Å². The molecule has 10 nitrogen and oxygen atoms in total. The van der Waals surface area contributed by atoms with E-state index in [0.717, 1.165) is 54.5 Å². The van der Waals surface area contributed by atoms with E-state index in [1.54, 1.807) is 0 Å². The molecule has 0 aliphatic carbocycles. The molecule has 48 heavy (non-hydrogen) atoms. The van der Waals surface area contributed by atoms with Gasteiger partial charge in [-0.15, -0.1) is 0 Å². The van der Waals surface area contributed by atoms with E-state index < -0.39 is 29.4 Å². The summed E-state index contributed by atoms with van der Waals surface area (Å²) >= 11 is 0. The molecular formula is C36H47F2N7O3. The Morgan fingerprint density at radius 3 is 2.75 bits per heavy atom. The van der Waals surface area contributed by atoms with Crippen molar-refractivity contribution in [2.24, 2.45) is 5.41 Å². The van der Waals surface area contributed by atoms with E-state index in [2.05, 4.69) is 26.6 Å². The van der Waals surface area contributed by atoms with Crippen molar-refractivity contribution in [2.75, 3.05) is 26.3 Å². The number of nitrogens with zero attached hydrogens (tertiary/aromatic N) is 4. The number of fused-ring (bicyclic) bond motifs is 2. The summed E-state index contributed by atoms with van der Waals surface area (Å²) in [5, 5.41) is 9.85. The smallest absolute Gasteiger partial charge is 0.254 e. The van der Waals surface area contributed by atoms with Crippen LogP contribution in [0.15, 0.2) is 30.3 Å². The molecule has 2 aliphatic heterocycles. The number of pyridine rings is 1. The third-order valence-electron chi connectivity index (χ3n) is 9.79. The van der Waals surface area contributed by atoms with Crippen molar-refractivity contribution in [1.29, 1.82) is 0 Å². The second-order valence-corrected chi connectivity index (χ2v) is 13.8. The van der Waals surface area contributed by atoms with Gasteiger partial charge in [-0.1, -0.05) is 33.1 Å². The lowest BCUT2D eigenvalue weighted by Gasteiger charge is -2.27. The van der Waals surface area contributed by atoms with Crippen LogP contribution in [0.3, 0.4) is 0 Å². The number of imidazole rings is 1. The molecule has 1 fully saturated rings. The predicted molar refractivity (Wildman–Crippen MR) is 182 cm³/mol. The normalized spacial score (nSPS) is 22.1. The number of aryl methyl sites for hydroxylation is 1. The Balaban J connectivity index is 1.43. The molecule has 5 heterocycles. The van der Waals surface area contributed by atoms with E-state index in [0.29, 0.717) is 49.7 Å². The molecule has 2 aliphatic rings. The first kappa shape index (κ1) is 34.0. The summed E-state index contributed by atoms with van der Waals surface area (Å²) in [6, 6.07) is 7.80. The lowest BCUT2D eigenvalue weighted by molar-refractivity contribution is -0.130. The summed E-state index contributed by atoms with van der Waals surface area (Å²) in [5.41, 5.74) is 2.74. The molecular weight excluding hydrogens is 616 g/mol. The number of hydrogen-bond acceptors (Lipinski definition) is 6. The fourth-order valence-corrected chi connectivity index (χ4v) is 6.82. The Kier molecular flexibility index (Phi) is 10.1. The SMILES string of the molecule is CCOCCn1c(-c2cc3ccc4nc3n2CCCCCCC(C)(C)C(=O)N[C@@H]4C)nc2cc(C(=O)N[C@H]3CNCC[C@@H]3F)c(F)cc21. The van der Waals surface area contributed by atoms with Crippen LogP contribution in [-0.2, 0) is 22.6 Å². The highest BCUT2D eigenvalue weighted by atomic mass is 19.1. The van der Waals surface area contributed by atoms with Gasteiger partial charge in [-0.2, -0.15) is 0 Å². The molecule has 2 amide bonds. The monoisotopic (exact) mass is 663 g/mol. The zero-order chi connectivity index (χ0) is 34.0. The molecule has 12 heteroatoms. The van der Waals surface area contributed by atoms with Crippen LogP contribution in [0.5, 0.6) is 0 Å². The molecule has 2 bridgehead atoms. The standard InChI is InChI=1S/C36H47F2N7O3/c1-5-48-17-16-45-30-20-26(38)24(34(46)43-29-21-39-14-12-25(29)37)19-28(30)42-33(45)31-18-23-10-11-27-22(2)40-35(47)36(3,4)13-8-6-7-9-15-44(31)32(23)41-27/h10-11,18-20,22,25,29,39H,5-9,12-17,21H2,1-4H3,(H,40,47)(H,43,46)/t22-,25+,29+/m1/s1. The Morgan fingerprint density at radius 1 is 1.15 bits per heavy atom. The van der Waals surface area contributed by atoms with Gasteiger partial charge in [0, 0.05) is 43.1 Å². The van der Waals surface area contributed by atoms with Crippen LogP contribution >= 0.6 is 0 Å². The first-order valence-corrected chi connectivity index (χ1v) is 17.3. The predicted octanol–water partition coefficient (Wildman–Crippen LogP) is 5.83. The zero-order valence-corrected chi connectivity index (χ0v) is 28.4. The summed E-state index contributed by atoms with van der Waals surface area (Å²) in [5.74, 6) is -0.727. The van der Waals surface area contributed by atoms with E-state index >= 15 is 4.39 Å². The molecule has 3 N–H and O–H groups in total. The number of alkyl halides is 1. The minimum Gasteiger partial charge on any atom is -0.380 e. The van der Waals surface area contributed by atoms with Gasteiger partial charge in [0.15, 0.2) is 5.82 Å². The van der Waals surface area contributed by atoms with Crippen LogP contribution in [0, 0.1) is 11.2 Å². The highest BCUT2D eigenvalue weighted by Crippen LogP contribution is 2.33. The van der Waals surface area contributed by atoms with E-state index in [1.807, 2.05) is 44.4 Å². The number of benzene rings is 1. The second kappa shape index (κ2) is 14.3. The van der Waals surface area contributed by atoms with Crippen molar-refractivity contribution in [3.63, 3.8) is 0 Å². The number of aromatic nitrogens is 4. The number of rotatable bonds is 7. The molecule has 0 spiro atoms.